The van der Waals surface area contributed by atoms with E-state index >= 15 is 0 Å². The summed E-state index contributed by atoms with van der Waals surface area (Å²) in [5.74, 6) is 0.0915. The lowest BCUT2D eigenvalue weighted by atomic mass is 9.64. The number of nitrogens with two attached hydrogens (primary N) is 1. The molecule has 3 nitrogen and oxygen atoms in total. The van der Waals surface area contributed by atoms with Crippen LogP contribution in [0, 0.1) is 11.7 Å². The van der Waals surface area contributed by atoms with Crippen LogP contribution in [0.4, 0.5) is 4.39 Å². The quantitative estimate of drug-likeness (QED) is 0.842. The zero-order valence-electron chi connectivity index (χ0n) is 13.3. The van der Waals surface area contributed by atoms with Gasteiger partial charge in [-0.2, -0.15) is 0 Å². The number of carbonyl (C=O) groups excluding carboxylic acids is 1. The van der Waals surface area contributed by atoms with Gasteiger partial charge >= 0.3 is 0 Å². The number of hydrogen-bond acceptors (Lipinski definition) is 2. The van der Waals surface area contributed by atoms with Crippen LogP contribution < -0.4 is 11.1 Å². The van der Waals surface area contributed by atoms with Crippen molar-refractivity contribution in [2.75, 3.05) is 6.54 Å². The van der Waals surface area contributed by atoms with E-state index in [9.17, 15) is 9.18 Å². The van der Waals surface area contributed by atoms with Crippen molar-refractivity contribution in [1.29, 1.82) is 0 Å². The van der Waals surface area contributed by atoms with Crippen molar-refractivity contribution >= 4 is 18.3 Å². The van der Waals surface area contributed by atoms with Crippen molar-refractivity contribution < 1.29 is 9.18 Å². The van der Waals surface area contributed by atoms with Gasteiger partial charge in [-0.05, 0) is 42.9 Å². The summed E-state index contributed by atoms with van der Waals surface area (Å²) in [7, 11) is 0. The van der Waals surface area contributed by atoms with Gasteiger partial charge in [0.2, 0.25) is 5.91 Å². The smallest absolute Gasteiger partial charge is 0.236 e. The molecule has 0 spiro atoms. The van der Waals surface area contributed by atoms with Crippen molar-refractivity contribution in [2.45, 2.75) is 51.0 Å². The molecule has 1 saturated carbocycles. The molecule has 1 aromatic rings. The Bertz CT molecular complexity index is 486. The van der Waals surface area contributed by atoms with Crippen LogP contribution in [-0.2, 0) is 10.2 Å². The molecule has 22 heavy (non-hydrogen) atoms. The highest BCUT2D eigenvalue weighted by Crippen LogP contribution is 2.43. The normalized spacial score (nSPS) is 17.3. The minimum Gasteiger partial charge on any atom is -0.354 e. The summed E-state index contributed by atoms with van der Waals surface area (Å²) in [5, 5.41) is 2.99. The number of nitrogens with one attached hydrogen (secondary N) is 1. The van der Waals surface area contributed by atoms with Crippen LogP contribution in [0.5, 0.6) is 0 Å². The SMILES string of the molecule is CC(C)C[C@H](N)C(=O)NCC1(c2ccc(F)cc2)CCC1.Cl. The third-order valence-corrected chi connectivity index (χ3v) is 4.43. The van der Waals surface area contributed by atoms with E-state index in [1.54, 1.807) is 0 Å². The fourth-order valence-electron chi connectivity index (χ4n) is 2.98. The Morgan fingerprint density at radius 1 is 1.32 bits per heavy atom. The molecule has 1 atom stereocenters. The van der Waals surface area contributed by atoms with Gasteiger partial charge in [-0.3, -0.25) is 4.79 Å². The van der Waals surface area contributed by atoms with Gasteiger partial charge in [-0.1, -0.05) is 32.4 Å². The maximum absolute atomic E-state index is 13.1. The van der Waals surface area contributed by atoms with Gasteiger partial charge in [0.1, 0.15) is 5.82 Å². The summed E-state index contributed by atoms with van der Waals surface area (Å²) >= 11 is 0. The van der Waals surface area contributed by atoms with Crippen molar-refractivity contribution in [2.24, 2.45) is 11.7 Å². The maximum atomic E-state index is 13.1. The minimum atomic E-state index is -0.449. The molecule has 5 heteroatoms. The summed E-state index contributed by atoms with van der Waals surface area (Å²) < 4.78 is 13.1. The molecule has 0 bridgehead atoms. The molecule has 2 rings (SSSR count). The zero-order valence-corrected chi connectivity index (χ0v) is 14.1. The van der Waals surface area contributed by atoms with E-state index < -0.39 is 6.04 Å². The number of amides is 1. The highest BCUT2D eigenvalue weighted by Gasteiger charge is 2.39. The monoisotopic (exact) mass is 328 g/mol. The van der Waals surface area contributed by atoms with E-state index in [1.807, 2.05) is 12.1 Å². The molecule has 1 aliphatic rings. The van der Waals surface area contributed by atoms with Crippen LogP contribution in [0.25, 0.3) is 0 Å². The number of carbonyl (C=O) groups is 1. The van der Waals surface area contributed by atoms with E-state index in [2.05, 4.69) is 19.2 Å². The predicted octanol–water partition coefficient (Wildman–Crippen LogP) is 3.16. The van der Waals surface area contributed by atoms with Gasteiger partial charge in [0.05, 0.1) is 6.04 Å². The standard InChI is InChI=1S/C17H25FN2O.ClH/c1-12(2)10-15(19)16(21)20-11-17(8-3-9-17)13-4-6-14(18)7-5-13;/h4-7,12,15H,3,8-11,19H2,1-2H3,(H,20,21);1H/t15-;/m0./s1. The Labute approximate surface area is 138 Å². The molecule has 0 saturated heterocycles. The molecule has 0 radical (unpaired) electrons. The average molecular weight is 329 g/mol. The molecule has 124 valence electrons. The zero-order chi connectivity index (χ0) is 15.5. The van der Waals surface area contributed by atoms with Crippen LogP contribution in [0.3, 0.4) is 0 Å². The lowest BCUT2D eigenvalue weighted by molar-refractivity contribution is -0.123. The third kappa shape index (κ3) is 4.43. The summed E-state index contributed by atoms with van der Waals surface area (Å²) in [6.07, 6.45) is 3.89. The summed E-state index contributed by atoms with van der Waals surface area (Å²) in [6, 6.07) is 6.18. The van der Waals surface area contributed by atoms with E-state index in [1.165, 1.54) is 12.1 Å². The van der Waals surface area contributed by atoms with E-state index in [4.69, 9.17) is 5.73 Å². The highest BCUT2D eigenvalue weighted by atomic mass is 35.5. The van der Waals surface area contributed by atoms with Gasteiger partial charge in [-0.15, -0.1) is 12.4 Å². The maximum Gasteiger partial charge on any atom is 0.236 e. The Morgan fingerprint density at radius 3 is 2.36 bits per heavy atom. The van der Waals surface area contributed by atoms with E-state index in [0.29, 0.717) is 18.9 Å². The lowest BCUT2D eigenvalue weighted by Gasteiger charge is -2.42. The first-order valence-corrected chi connectivity index (χ1v) is 7.72. The van der Waals surface area contributed by atoms with Gasteiger partial charge in [-0.25, -0.2) is 4.39 Å². The molecular weight excluding hydrogens is 303 g/mol. The van der Waals surface area contributed by atoms with Crippen molar-refractivity contribution in [3.8, 4) is 0 Å². The summed E-state index contributed by atoms with van der Waals surface area (Å²) in [6.45, 7) is 4.70. The molecule has 0 aliphatic heterocycles. The van der Waals surface area contributed by atoms with E-state index in [0.717, 1.165) is 24.8 Å². The first-order chi connectivity index (χ1) is 9.93. The summed E-state index contributed by atoms with van der Waals surface area (Å²) in [5.41, 5.74) is 6.97. The molecular formula is C17H26ClFN2O. The Kier molecular flexibility index (Phi) is 6.82. The molecule has 1 aliphatic carbocycles. The molecule has 1 fully saturated rings. The van der Waals surface area contributed by atoms with Crippen molar-refractivity contribution in [3.63, 3.8) is 0 Å². The Morgan fingerprint density at radius 2 is 1.91 bits per heavy atom. The van der Waals surface area contributed by atoms with Crippen LogP contribution in [-0.4, -0.2) is 18.5 Å². The Balaban J connectivity index is 0.00000242. The van der Waals surface area contributed by atoms with Crippen LogP contribution >= 0.6 is 12.4 Å². The third-order valence-electron chi connectivity index (χ3n) is 4.43. The van der Waals surface area contributed by atoms with Crippen LogP contribution in [0.1, 0.15) is 45.1 Å². The second kappa shape index (κ2) is 7.93. The van der Waals surface area contributed by atoms with Gasteiger partial charge in [0, 0.05) is 12.0 Å². The average Bonchev–Trinajstić information content (AvgIpc) is 2.38. The van der Waals surface area contributed by atoms with Crippen LogP contribution in [0.2, 0.25) is 0 Å². The first kappa shape index (κ1) is 18.9. The van der Waals surface area contributed by atoms with Gasteiger partial charge < -0.3 is 11.1 Å². The predicted molar refractivity (Wildman–Crippen MR) is 89.6 cm³/mol. The minimum absolute atomic E-state index is 0. The second-order valence-electron chi connectivity index (χ2n) is 6.59. The fraction of sp³-hybridized carbons (Fsp3) is 0.588. The number of halogens is 2. The topological polar surface area (TPSA) is 55.1 Å². The fourth-order valence-corrected chi connectivity index (χ4v) is 2.98. The molecule has 0 unspecified atom stereocenters. The highest BCUT2D eigenvalue weighted by molar-refractivity contribution is 5.85. The summed E-state index contributed by atoms with van der Waals surface area (Å²) in [4.78, 5) is 12.1. The lowest BCUT2D eigenvalue weighted by Crippen LogP contribution is -2.49. The van der Waals surface area contributed by atoms with Gasteiger partial charge in [0.15, 0.2) is 0 Å². The molecule has 0 heterocycles. The van der Waals surface area contributed by atoms with Crippen LogP contribution in [0.15, 0.2) is 24.3 Å². The Hall–Kier alpha value is -1.13. The number of rotatable bonds is 6. The number of benzene rings is 1. The molecule has 3 N–H and O–H groups in total. The molecule has 1 amide bonds. The second-order valence-corrected chi connectivity index (χ2v) is 6.59. The van der Waals surface area contributed by atoms with Crippen molar-refractivity contribution in [3.05, 3.63) is 35.6 Å². The molecule has 0 aromatic heterocycles. The van der Waals surface area contributed by atoms with Gasteiger partial charge in [0.25, 0.3) is 0 Å². The number of hydrogen-bond donors (Lipinski definition) is 2. The largest absolute Gasteiger partial charge is 0.354 e. The van der Waals surface area contributed by atoms with E-state index in [-0.39, 0.29) is 29.5 Å². The first-order valence-electron chi connectivity index (χ1n) is 7.72. The van der Waals surface area contributed by atoms with Crippen molar-refractivity contribution in [1.82, 2.24) is 5.32 Å². The molecule has 1 aromatic carbocycles.